The lowest BCUT2D eigenvalue weighted by Crippen LogP contribution is -2.60. The Hall–Kier alpha value is -2.73. The van der Waals surface area contributed by atoms with Gasteiger partial charge < -0.3 is 37.0 Å². The first kappa shape index (κ1) is 24.3. The summed E-state index contributed by atoms with van der Waals surface area (Å²) in [4.78, 5) is 57.8. The number of nitrogens with two attached hydrogens (primary N) is 1. The van der Waals surface area contributed by atoms with E-state index in [2.05, 4.69) is 10.6 Å². The molecule has 0 aliphatic heterocycles. The molecule has 0 radical (unpaired) electrons. The van der Waals surface area contributed by atoms with Crippen molar-refractivity contribution in [1.82, 2.24) is 16.0 Å². The number of aliphatic hydroxyl groups is 1. The van der Waals surface area contributed by atoms with Gasteiger partial charge in [-0.05, 0) is 12.8 Å². The number of amides is 3. The van der Waals surface area contributed by atoms with Crippen LogP contribution < -0.4 is 21.7 Å². The lowest BCUT2D eigenvalue weighted by Gasteiger charge is -2.27. The summed E-state index contributed by atoms with van der Waals surface area (Å²) >= 11 is 0. The number of hydrogen-bond donors (Lipinski definition) is 7. The van der Waals surface area contributed by atoms with Gasteiger partial charge >= 0.3 is 11.9 Å². The highest BCUT2D eigenvalue weighted by Gasteiger charge is 2.33. The zero-order chi connectivity index (χ0) is 21.3. The van der Waals surface area contributed by atoms with E-state index < -0.39 is 60.3 Å². The van der Waals surface area contributed by atoms with Crippen LogP contribution in [-0.2, 0) is 24.0 Å². The van der Waals surface area contributed by atoms with Crippen LogP contribution in [-0.4, -0.2) is 75.8 Å². The Morgan fingerprint density at radius 2 is 1.41 bits per heavy atom. The molecule has 4 unspecified atom stereocenters. The fraction of sp³-hybridized carbons (Fsp3) is 0.667. The fourth-order valence-corrected chi connectivity index (χ4v) is 2.05. The third-order valence-corrected chi connectivity index (χ3v) is 3.51. The largest absolute Gasteiger partial charge is 0.481 e. The van der Waals surface area contributed by atoms with Crippen LogP contribution in [0, 0.1) is 5.92 Å². The minimum absolute atomic E-state index is 0.355. The van der Waals surface area contributed by atoms with Crippen LogP contribution in [0.5, 0.6) is 0 Å². The number of hydrogen-bond acceptors (Lipinski definition) is 7. The number of carbonyl (C=O) groups excluding carboxylic acids is 3. The summed E-state index contributed by atoms with van der Waals surface area (Å²) in [5, 5.41) is 34.0. The number of aliphatic carboxylic acids is 2. The number of carboxylic acid groups (broad SMARTS) is 2. The molecule has 0 aromatic heterocycles. The maximum Gasteiger partial charge on any atom is 0.326 e. The van der Waals surface area contributed by atoms with Crippen molar-refractivity contribution in [3.63, 3.8) is 0 Å². The summed E-state index contributed by atoms with van der Waals surface area (Å²) < 4.78 is 0. The molecule has 8 N–H and O–H groups in total. The molecule has 0 aromatic carbocycles. The molecule has 0 rings (SSSR count). The molecule has 0 heterocycles. The van der Waals surface area contributed by atoms with E-state index in [1.165, 1.54) is 6.92 Å². The summed E-state index contributed by atoms with van der Waals surface area (Å²) in [6.07, 6.45) is -2.31. The maximum atomic E-state index is 12.4. The Bertz CT molecular complexity index is 578. The molecule has 0 saturated carbocycles. The predicted molar refractivity (Wildman–Crippen MR) is 91.3 cm³/mol. The number of rotatable bonds is 11. The normalized spacial score (nSPS) is 15.2. The second-order valence-corrected chi connectivity index (χ2v) is 6.22. The molecular formula is C15H26N4O8. The molecule has 12 nitrogen and oxygen atoms in total. The van der Waals surface area contributed by atoms with Crippen molar-refractivity contribution in [2.24, 2.45) is 11.7 Å². The van der Waals surface area contributed by atoms with Crippen molar-refractivity contribution >= 4 is 29.7 Å². The number of aliphatic hydroxyl groups excluding tert-OH is 1. The maximum absolute atomic E-state index is 12.4. The highest BCUT2D eigenvalue weighted by atomic mass is 16.4. The van der Waals surface area contributed by atoms with Crippen LogP contribution in [0.1, 0.15) is 27.2 Å². The van der Waals surface area contributed by atoms with Gasteiger partial charge in [0.2, 0.25) is 17.7 Å². The predicted octanol–water partition coefficient (Wildman–Crippen LogP) is -3.00. The minimum Gasteiger partial charge on any atom is -0.481 e. The topological polar surface area (TPSA) is 208 Å². The number of carbonyl (C=O) groups is 5. The van der Waals surface area contributed by atoms with Gasteiger partial charge in [-0.3, -0.25) is 19.2 Å². The van der Waals surface area contributed by atoms with E-state index in [0.717, 1.165) is 0 Å². The van der Waals surface area contributed by atoms with Crippen molar-refractivity contribution in [3.8, 4) is 0 Å². The molecule has 4 atom stereocenters. The first-order valence-electron chi connectivity index (χ1n) is 8.13. The average molecular weight is 390 g/mol. The van der Waals surface area contributed by atoms with Gasteiger partial charge in [-0.25, -0.2) is 4.79 Å². The van der Waals surface area contributed by atoms with E-state index in [0.29, 0.717) is 0 Å². The Labute approximate surface area is 155 Å². The fourth-order valence-electron chi connectivity index (χ4n) is 2.05. The molecule has 0 fully saturated rings. The molecular weight excluding hydrogens is 364 g/mol. The van der Waals surface area contributed by atoms with Crippen molar-refractivity contribution in [2.75, 3.05) is 6.54 Å². The van der Waals surface area contributed by atoms with Gasteiger partial charge in [-0.15, -0.1) is 0 Å². The first-order valence-corrected chi connectivity index (χ1v) is 8.13. The van der Waals surface area contributed by atoms with E-state index in [1.54, 1.807) is 13.8 Å². The van der Waals surface area contributed by atoms with Gasteiger partial charge in [0.1, 0.15) is 18.1 Å². The summed E-state index contributed by atoms with van der Waals surface area (Å²) in [5.74, 6) is -5.90. The van der Waals surface area contributed by atoms with Gasteiger partial charge in [-0.2, -0.15) is 0 Å². The Balaban J connectivity index is 5.27. The minimum atomic E-state index is -1.74. The second-order valence-electron chi connectivity index (χ2n) is 6.22. The lowest BCUT2D eigenvalue weighted by molar-refractivity contribution is -0.148. The van der Waals surface area contributed by atoms with Crippen LogP contribution in [0.25, 0.3) is 0 Å². The quantitative estimate of drug-likeness (QED) is 0.191. The Morgan fingerprint density at radius 1 is 0.889 bits per heavy atom. The highest BCUT2D eigenvalue weighted by molar-refractivity contribution is 5.94. The van der Waals surface area contributed by atoms with E-state index >= 15 is 0 Å². The number of nitrogens with one attached hydrogen (secondary N) is 3. The summed E-state index contributed by atoms with van der Waals surface area (Å²) in [7, 11) is 0. The zero-order valence-electron chi connectivity index (χ0n) is 15.3. The van der Waals surface area contributed by atoms with E-state index in [4.69, 9.17) is 15.9 Å². The van der Waals surface area contributed by atoms with Crippen LogP contribution in [0.4, 0.5) is 0 Å². The van der Waals surface area contributed by atoms with Gasteiger partial charge in [0, 0.05) is 0 Å². The second kappa shape index (κ2) is 11.1. The monoisotopic (exact) mass is 390 g/mol. The molecule has 0 bridgehead atoms. The molecule has 0 aliphatic carbocycles. The molecule has 27 heavy (non-hydrogen) atoms. The van der Waals surface area contributed by atoms with Crippen molar-refractivity contribution in [1.29, 1.82) is 0 Å². The van der Waals surface area contributed by atoms with E-state index in [1.807, 2.05) is 5.32 Å². The SMILES string of the molecule is CC(C)C(NC(=O)CN)C(=O)NC(C(=O)NC(CC(=O)O)C(=O)O)C(C)O. The molecule has 0 saturated heterocycles. The summed E-state index contributed by atoms with van der Waals surface area (Å²) in [5.41, 5.74) is 5.19. The van der Waals surface area contributed by atoms with Gasteiger partial charge in [0.15, 0.2) is 0 Å². The molecule has 154 valence electrons. The standard InChI is InChI=1S/C15H26N4O8/c1-6(2)11(18-9(21)5-16)13(24)19-12(7(3)20)14(25)17-8(15(26)27)4-10(22)23/h6-8,11-12,20H,4-5,16H2,1-3H3,(H,17,25)(H,18,21)(H,19,24)(H,22,23)(H,26,27). The average Bonchev–Trinajstić information content (AvgIpc) is 2.54. The molecule has 12 heteroatoms. The molecule has 0 spiro atoms. The third kappa shape index (κ3) is 8.46. The van der Waals surface area contributed by atoms with Crippen LogP contribution in [0.3, 0.4) is 0 Å². The van der Waals surface area contributed by atoms with Crippen LogP contribution >= 0.6 is 0 Å². The van der Waals surface area contributed by atoms with Crippen LogP contribution in [0.2, 0.25) is 0 Å². The Kier molecular flexibility index (Phi) is 9.96. The van der Waals surface area contributed by atoms with Gasteiger partial charge in [0.25, 0.3) is 0 Å². The number of carboxylic acids is 2. The third-order valence-electron chi connectivity index (χ3n) is 3.51. The molecule has 3 amide bonds. The molecule has 0 aromatic rings. The summed E-state index contributed by atoms with van der Waals surface area (Å²) in [6.45, 7) is 4.09. The summed E-state index contributed by atoms with van der Waals surface area (Å²) in [6, 6.07) is -4.36. The van der Waals surface area contributed by atoms with Gasteiger partial charge in [-0.1, -0.05) is 13.8 Å². The van der Waals surface area contributed by atoms with Crippen molar-refractivity contribution in [3.05, 3.63) is 0 Å². The van der Waals surface area contributed by atoms with E-state index in [9.17, 15) is 29.1 Å². The smallest absolute Gasteiger partial charge is 0.326 e. The van der Waals surface area contributed by atoms with Gasteiger partial charge in [0.05, 0.1) is 19.1 Å². The van der Waals surface area contributed by atoms with Crippen LogP contribution in [0.15, 0.2) is 0 Å². The highest BCUT2D eigenvalue weighted by Crippen LogP contribution is 2.05. The van der Waals surface area contributed by atoms with E-state index in [-0.39, 0.29) is 12.5 Å². The lowest BCUT2D eigenvalue weighted by atomic mass is 10.0. The molecule has 0 aliphatic rings. The van der Waals surface area contributed by atoms with Crippen molar-refractivity contribution in [2.45, 2.75) is 51.4 Å². The Morgan fingerprint density at radius 3 is 1.78 bits per heavy atom. The first-order chi connectivity index (χ1) is 12.4. The zero-order valence-corrected chi connectivity index (χ0v) is 15.3. The van der Waals surface area contributed by atoms with Crippen molar-refractivity contribution < 1.29 is 39.3 Å².